The molecule has 0 saturated carbocycles. The minimum Gasteiger partial charge on any atom is -0.463 e. The number of carbonyl (C=O) groups excluding carboxylic acids is 1. The molecule has 0 heterocycles. The Morgan fingerprint density at radius 1 is 1.00 bits per heavy atom. The van der Waals surface area contributed by atoms with Crippen molar-refractivity contribution in [3.8, 4) is 0 Å². The number of esters is 1. The summed E-state index contributed by atoms with van der Waals surface area (Å²) < 4.78 is 9.45. The molecule has 3 nitrogen and oxygen atoms in total. The second-order valence-corrected chi connectivity index (χ2v) is 3.19. The van der Waals surface area contributed by atoms with E-state index in [1.54, 1.807) is 25.3 Å². The number of carbonyl (C=O) groups is 1. The largest absolute Gasteiger partial charge is 0.463 e. The summed E-state index contributed by atoms with van der Waals surface area (Å²) in [4.78, 5) is 10.6. The molecule has 0 aliphatic carbocycles. The smallest absolute Gasteiger partial charge is 0.305 e. The Balaban J connectivity index is -0.000000103. The van der Waals surface area contributed by atoms with E-state index in [1.807, 2.05) is 27.7 Å². The first-order chi connectivity index (χ1) is 9.05. The summed E-state index contributed by atoms with van der Waals surface area (Å²) in [6.45, 7) is 18.5. The Labute approximate surface area is 120 Å². The Bertz CT molecular complexity index is 172. The molecule has 0 aliphatic rings. The predicted molar refractivity (Wildman–Crippen MR) is 85.4 cm³/mol. The predicted octanol–water partition coefficient (Wildman–Crippen LogP) is 4.55. The topological polar surface area (TPSA) is 35.5 Å². The minimum absolute atomic E-state index is 0.139. The molecule has 0 amide bonds. The van der Waals surface area contributed by atoms with E-state index in [4.69, 9.17) is 9.47 Å². The fraction of sp³-hybridized carbons (Fsp3) is 0.562. The average molecular weight is 272 g/mol. The van der Waals surface area contributed by atoms with Crippen molar-refractivity contribution in [2.24, 2.45) is 0 Å². The molecule has 0 aromatic heterocycles. The summed E-state index contributed by atoms with van der Waals surface area (Å²) >= 11 is 0. The van der Waals surface area contributed by atoms with Gasteiger partial charge in [0.15, 0.2) is 0 Å². The third-order valence-corrected chi connectivity index (χ3v) is 1.00. The van der Waals surface area contributed by atoms with Gasteiger partial charge in [-0.25, -0.2) is 0 Å². The molecular weight excluding hydrogens is 240 g/mol. The molecule has 0 fully saturated rings. The van der Waals surface area contributed by atoms with Crippen molar-refractivity contribution in [1.29, 1.82) is 0 Å². The highest BCUT2D eigenvalue weighted by molar-refractivity contribution is 5.69. The van der Waals surface area contributed by atoms with Gasteiger partial charge in [0.1, 0.15) is 6.61 Å². The van der Waals surface area contributed by atoms with E-state index in [1.165, 1.54) is 0 Å². The highest BCUT2D eigenvalue weighted by Gasteiger charge is 1.98. The maximum Gasteiger partial charge on any atom is 0.305 e. The standard InChI is InChI=1S/C7H14O3.3C3H6/c1-3-4-7(8)10-6-5-9-2;3*1-3-2/h3-6H2,1-2H3;3*3H,1H2,2H3. The van der Waals surface area contributed by atoms with Crippen LogP contribution in [0.25, 0.3) is 0 Å². The summed E-state index contributed by atoms with van der Waals surface area (Å²) in [6, 6.07) is 0. The lowest BCUT2D eigenvalue weighted by atomic mass is 10.3. The van der Waals surface area contributed by atoms with Crippen molar-refractivity contribution in [3.05, 3.63) is 38.0 Å². The van der Waals surface area contributed by atoms with E-state index >= 15 is 0 Å². The van der Waals surface area contributed by atoms with Gasteiger partial charge in [0.2, 0.25) is 0 Å². The Morgan fingerprint density at radius 2 is 1.37 bits per heavy atom. The van der Waals surface area contributed by atoms with Gasteiger partial charge < -0.3 is 9.47 Å². The molecule has 0 atom stereocenters. The molecule has 0 N–H and O–H groups in total. The monoisotopic (exact) mass is 272 g/mol. The molecule has 0 aliphatic heterocycles. The fourth-order valence-corrected chi connectivity index (χ4v) is 0.515. The van der Waals surface area contributed by atoms with Gasteiger partial charge in [-0.05, 0) is 27.2 Å². The second kappa shape index (κ2) is 36.0. The molecule has 0 rings (SSSR count). The fourth-order valence-electron chi connectivity index (χ4n) is 0.515. The lowest BCUT2D eigenvalue weighted by molar-refractivity contribution is -0.144. The maximum absolute atomic E-state index is 10.6. The van der Waals surface area contributed by atoms with Crippen molar-refractivity contribution in [2.45, 2.75) is 40.5 Å². The van der Waals surface area contributed by atoms with E-state index < -0.39 is 0 Å². The van der Waals surface area contributed by atoms with Crippen molar-refractivity contribution in [3.63, 3.8) is 0 Å². The molecule has 19 heavy (non-hydrogen) atoms. The molecule has 0 aromatic carbocycles. The molecule has 0 saturated heterocycles. The summed E-state index contributed by atoms with van der Waals surface area (Å²) in [6.07, 6.45) is 6.59. The summed E-state index contributed by atoms with van der Waals surface area (Å²) in [7, 11) is 1.58. The van der Waals surface area contributed by atoms with Crippen LogP contribution in [-0.2, 0) is 14.3 Å². The molecule has 0 spiro atoms. The lowest BCUT2D eigenvalue weighted by Gasteiger charge is -2.01. The van der Waals surface area contributed by atoms with Gasteiger partial charge in [-0.15, -0.1) is 19.7 Å². The van der Waals surface area contributed by atoms with Crippen LogP contribution in [0.15, 0.2) is 38.0 Å². The third-order valence-electron chi connectivity index (χ3n) is 1.00. The zero-order valence-electron chi connectivity index (χ0n) is 13.4. The lowest BCUT2D eigenvalue weighted by Crippen LogP contribution is -2.08. The van der Waals surface area contributed by atoms with Gasteiger partial charge in [0, 0.05) is 13.5 Å². The Kier molecular flexibility index (Phi) is 49.7. The quantitative estimate of drug-likeness (QED) is 0.418. The van der Waals surface area contributed by atoms with Crippen LogP contribution in [0.3, 0.4) is 0 Å². The summed E-state index contributed by atoms with van der Waals surface area (Å²) in [5, 5.41) is 0. The number of rotatable bonds is 5. The van der Waals surface area contributed by atoms with E-state index in [0.717, 1.165) is 6.42 Å². The zero-order chi connectivity index (χ0) is 15.9. The van der Waals surface area contributed by atoms with Crippen LogP contribution in [0, 0.1) is 0 Å². The zero-order valence-corrected chi connectivity index (χ0v) is 13.4. The summed E-state index contributed by atoms with van der Waals surface area (Å²) in [5.41, 5.74) is 0. The molecule has 0 bridgehead atoms. The normalized spacial score (nSPS) is 7.00. The Hall–Kier alpha value is -1.35. The van der Waals surface area contributed by atoms with Crippen LogP contribution in [0.1, 0.15) is 40.5 Å². The van der Waals surface area contributed by atoms with Crippen LogP contribution >= 0.6 is 0 Å². The first kappa shape index (κ1) is 26.3. The van der Waals surface area contributed by atoms with E-state index in [2.05, 4.69) is 19.7 Å². The third kappa shape index (κ3) is 80.8. The van der Waals surface area contributed by atoms with Gasteiger partial charge in [-0.2, -0.15) is 0 Å². The first-order valence-corrected chi connectivity index (χ1v) is 6.41. The maximum atomic E-state index is 10.6. The van der Waals surface area contributed by atoms with Crippen LogP contribution in [0.2, 0.25) is 0 Å². The van der Waals surface area contributed by atoms with E-state index in [9.17, 15) is 4.79 Å². The van der Waals surface area contributed by atoms with Crippen LogP contribution in [0.5, 0.6) is 0 Å². The number of allylic oxidation sites excluding steroid dienone is 3. The minimum atomic E-state index is -0.139. The van der Waals surface area contributed by atoms with Gasteiger partial charge in [-0.3, -0.25) is 4.79 Å². The SMILES string of the molecule is C=CC.C=CC.C=CC.CCCC(=O)OCCOC. The molecule has 0 aromatic rings. The first-order valence-electron chi connectivity index (χ1n) is 6.41. The van der Waals surface area contributed by atoms with Crippen molar-refractivity contribution in [1.82, 2.24) is 0 Å². The van der Waals surface area contributed by atoms with Crippen molar-refractivity contribution < 1.29 is 14.3 Å². The number of methoxy groups -OCH3 is 1. The highest BCUT2D eigenvalue weighted by atomic mass is 16.6. The van der Waals surface area contributed by atoms with Crippen molar-refractivity contribution in [2.75, 3.05) is 20.3 Å². The number of ether oxygens (including phenoxy) is 2. The summed E-state index contributed by atoms with van der Waals surface area (Å²) in [5.74, 6) is -0.139. The number of hydrogen-bond acceptors (Lipinski definition) is 3. The second-order valence-electron chi connectivity index (χ2n) is 3.19. The molecule has 3 heteroatoms. The Morgan fingerprint density at radius 3 is 1.63 bits per heavy atom. The van der Waals surface area contributed by atoms with Crippen LogP contribution in [0.4, 0.5) is 0 Å². The van der Waals surface area contributed by atoms with Gasteiger partial charge in [0.05, 0.1) is 6.61 Å². The van der Waals surface area contributed by atoms with Crippen LogP contribution < -0.4 is 0 Å². The number of hydrogen-bond donors (Lipinski definition) is 0. The van der Waals surface area contributed by atoms with E-state index in [0.29, 0.717) is 19.6 Å². The van der Waals surface area contributed by atoms with Gasteiger partial charge in [-0.1, -0.05) is 25.2 Å². The average Bonchev–Trinajstić information content (AvgIpc) is 2.33. The van der Waals surface area contributed by atoms with Crippen molar-refractivity contribution >= 4 is 5.97 Å². The van der Waals surface area contributed by atoms with E-state index in [-0.39, 0.29) is 5.97 Å². The van der Waals surface area contributed by atoms with Crippen LogP contribution in [-0.4, -0.2) is 26.3 Å². The molecular formula is C16H32O3. The molecule has 114 valence electrons. The van der Waals surface area contributed by atoms with Gasteiger partial charge in [0.25, 0.3) is 0 Å². The molecule has 0 radical (unpaired) electrons. The highest BCUT2D eigenvalue weighted by Crippen LogP contribution is 1.90. The van der Waals surface area contributed by atoms with Gasteiger partial charge >= 0.3 is 5.97 Å². The molecule has 0 unspecified atom stereocenters.